The first-order valence-electron chi connectivity index (χ1n) is 7.82. The summed E-state index contributed by atoms with van der Waals surface area (Å²) in [6, 6.07) is 9.91. The highest BCUT2D eigenvalue weighted by Crippen LogP contribution is 2.38. The van der Waals surface area contributed by atoms with Crippen LogP contribution >= 0.6 is 11.6 Å². The lowest BCUT2D eigenvalue weighted by Gasteiger charge is -2.14. The molecule has 2 aromatic carbocycles. The summed E-state index contributed by atoms with van der Waals surface area (Å²) in [5, 5.41) is 0.606. The predicted octanol–water partition coefficient (Wildman–Crippen LogP) is 2.84. The Bertz CT molecular complexity index is 825. The third kappa shape index (κ3) is 5.39. The molecular formula is C19H19ClN2O5. The molecule has 2 aromatic rings. The van der Waals surface area contributed by atoms with Crippen molar-refractivity contribution in [1.29, 1.82) is 0 Å². The first-order chi connectivity index (χ1) is 13.0. The van der Waals surface area contributed by atoms with E-state index in [1.807, 2.05) is 0 Å². The summed E-state index contributed by atoms with van der Waals surface area (Å²) in [7, 11) is 4.36. The minimum absolute atomic E-state index is 0.228. The maximum atomic E-state index is 12.3. The van der Waals surface area contributed by atoms with Gasteiger partial charge in [0.2, 0.25) is 5.75 Å². The van der Waals surface area contributed by atoms with Crippen LogP contribution in [0, 0.1) is 0 Å². The summed E-state index contributed by atoms with van der Waals surface area (Å²) < 4.78 is 15.6. The number of hydrazine groups is 1. The van der Waals surface area contributed by atoms with Crippen LogP contribution in [0.5, 0.6) is 17.2 Å². The number of methoxy groups -OCH3 is 3. The molecule has 0 aliphatic heterocycles. The highest BCUT2D eigenvalue weighted by molar-refractivity contribution is 6.30. The molecule has 0 bridgehead atoms. The second-order valence-electron chi connectivity index (χ2n) is 5.24. The summed E-state index contributed by atoms with van der Waals surface area (Å²) >= 11 is 5.80. The molecule has 0 aliphatic carbocycles. The van der Waals surface area contributed by atoms with Crippen molar-refractivity contribution in [2.24, 2.45) is 0 Å². The van der Waals surface area contributed by atoms with E-state index in [2.05, 4.69) is 10.9 Å². The Morgan fingerprint density at radius 3 is 2.04 bits per heavy atom. The largest absolute Gasteiger partial charge is 0.493 e. The van der Waals surface area contributed by atoms with Crippen molar-refractivity contribution in [1.82, 2.24) is 10.9 Å². The van der Waals surface area contributed by atoms with E-state index >= 15 is 0 Å². The van der Waals surface area contributed by atoms with Crippen LogP contribution in [-0.2, 0) is 4.79 Å². The molecule has 2 rings (SSSR count). The minimum atomic E-state index is -0.539. The zero-order valence-electron chi connectivity index (χ0n) is 15.0. The van der Waals surface area contributed by atoms with Crippen LogP contribution in [0.25, 0.3) is 6.08 Å². The van der Waals surface area contributed by atoms with E-state index in [1.165, 1.54) is 39.5 Å². The number of hydrogen-bond donors (Lipinski definition) is 2. The van der Waals surface area contributed by atoms with Gasteiger partial charge in [0.1, 0.15) is 0 Å². The third-order valence-electron chi connectivity index (χ3n) is 3.52. The quantitative estimate of drug-likeness (QED) is 0.585. The van der Waals surface area contributed by atoms with Crippen LogP contribution in [0.1, 0.15) is 15.9 Å². The number of carbonyl (C=O) groups excluding carboxylic acids is 2. The normalized spacial score (nSPS) is 10.4. The monoisotopic (exact) mass is 390 g/mol. The number of halogens is 1. The number of benzene rings is 2. The molecule has 0 heterocycles. The lowest BCUT2D eigenvalue weighted by molar-refractivity contribution is -0.117. The summed E-state index contributed by atoms with van der Waals surface area (Å²) in [6.07, 6.45) is 2.88. The molecule has 0 fully saturated rings. The molecule has 0 spiro atoms. The van der Waals surface area contributed by atoms with Crippen LogP contribution in [0.4, 0.5) is 0 Å². The maximum Gasteiger partial charge on any atom is 0.269 e. The van der Waals surface area contributed by atoms with Gasteiger partial charge in [0.25, 0.3) is 11.8 Å². The van der Waals surface area contributed by atoms with E-state index in [0.717, 1.165) is 5.56 Å². The molecule has 0 aromatic heterocycles. The Morgan fingerprint density at radius 2 is 1.52 bits per heavy atom. The van der Waals surface area contributed by atoms with Gasteiger partial charge >= 0.3 is 0 Å². The van der Waals surface area contributed by atoms with Gasteiger partial charge in [-0.3, -0.25) is 20.4 Å². The first kappa shape index (κ1) is 20.1. The molecule has 0 radical (unpaired) electrons. The lowest BCUT2D eigenvalue weighted by Crippen LogP contribution is -2.40. The molecule has 142 valence electrons. The molecular weight excluding hydrogens is 372 g/mol. The van der Waals surface area contributed by atoms with Crippen molar-refractivity contribution >= 4 is 29.5 Å². The van der Waals surface area contributed by atoms with Crippen molar-refractivity contribution < 1.29 is 23.8 Å². The molecule has 0 unspecified atom stereocenters. The molecule has 0 saturated carbocycles. The number of carbonyl (C=O) groups is 2. The van der Waals surface area contributed by atoms with Gasteiger partial charge in [0.05, 0.1) is 21.3 Å². The summed E-state index contributed by atoms with van der Waals surface area (Å²) in [6.45, 7) is 0. The van der Waals surface area contributed by atoms with Crippen molar-refractivity contribution in [2.75, 3.05) is 21.3 Å². The number of nitrogens with one attached hydrogen (secondary N) is 2. The Hall–Kier alpha value is -3.19. The number of rotatable bonds is 6. The van der Waals surface area contributed by atoms with Crippen LogP contribution in [0.2, 0.25) is 5.02 Å². The second-order valence-corrected chi connectivity index (χ2v) is 5.68. The standard InChI is InChI=1S/C19H19ClN2O5/c1-25-15-10-13(11-16(26-2)18(15)27-3)19(24)22-21-17(23)9-6-12-4-7-14(20)8-5-12/h4-11H,1-3H3,(H,21,23)(H,22,24)/b9-6+. The van der Waals surface area contributed by atoms with Gasteiger partial charge in [-0.1, -0.05) is 23.7 Å². The fraction of sp³-hybridized carbons (Fsp3) is 0.158. The Labute approximate surface area is 161 Å². The average Bonchev–Trinajstić information content (AvgIpc) is 2.70. The number of hydrogen-bond acceptors (Lipinski definition) is 5. The van der Waals surface area contributed by atoms with E-state index in [0.29, 0.717) is 22.3 Å². The fourth-order valence-electron chi connectivity index (χ4n) is 2.19. The summed E-state index contributed by atoms with van der Waals surface area (Å²) in [5.41, 5.74) is 5.65. The van der Waals surface area contributed by atoms with Gasteiger partial charge in [-0.15, -0.1) is 0 Å². The van der Waals surface area contributed by atoms with Gasteiger partial charge in [-0.05, 0) is 35.9 Å². The van der Waals surface area contributed by atoms with Gasteiger partial charge in [0, 0.05) is 16.7 Å². The molecule has 0 atom stereocenters. The van der Waals surface area contributed by atoms with Crippen molar-refractivity contribution in [3.8, 4) is 17.2 Å². The van der Waals surface area contributed by atoms with Crippen LogP contribution in [0.3, 0.4) is 0 Å². The first-order valence-corrected chi connectivity index (χ1v) is 8.20. The molecule has 2 N–H and O–H groups in total. The van der Waals surface area contributed by atoms with Gasteiger partial charge in [-0.2, -0.15) is 0 Å². The van der Waals surface area contributed by atoms with E-state index in [4.69, 9.17) is 25.8 Å². The van der Waals surface area contributed by atoms with Crippen molar-refractivity contribution in [3.63, 3.8) is 0 Å². The number of ether oxygens (including phenoxy) is 3. The van der Waals surface area contributed by atoms with Gasteiger partial charge in [-0.25, -0.2) is 0 Å². The molecule has 8 heteroatoms. The predicted molar refractivity (Wildman–Crippen MR) is 102 cm³/mol. The second kappa shape index (κ2) is 9.49. The topological polar surface area (TPSA) is 85.9 Å². The summed E-state index contributed by atoms with van der Waals surface area (Å²) in [4.78, 5) is 24.1. The van der Waals surface area contributed by atoms with Gasteiger partial charge < -0.3 is 14.2 Å². The van der Waals surface area contributed by atoms with E-state index in [1.54, 1.807) is 30.3 Å². The molecule has 2 amide bonds. The van der Waals surface area contributed by atoms with E-state index < -0.39 is 11.8 Å². The smallest absolute Gasteiger partial charge is 0.269 e. The fourth-order valence-corrected chi connectivity index (χ4v) is 2.32. The van der Waals surface area contributed by atoms with E-state index in [9.17, 15) is 9.59 Å². The molecule has 0 aliphatic rings. The zero-order chi connectivity index (χ0) is 19.8. The lowest BCUT2D eigenvalue weighted by atomic mass is 10.1. The Kier molecular flexibility index (Phi) is 7.08. The third-order valence-corrected chi connectivity index (χ3v) is 3.78. The van der Waals surface area contributed by atoms with E-state index in [-0.39, 0.29) is 5.56 Å². The SMILES string of the molecule is COc1cc(C(=O)NNC(=O)/C=C/c2ccc(Cl)cc2)cc(OC)c1OC. The maximum absolute atomic E-state index is 12.3. The highest BCUT2D eigenvalue weighted by atomic mass is 35.5. The molecule has 7 nitrogen and oxygen atoms in total. The Balaban J connectivity index is 2.02. The summed E-state index contributed by atoms with van der Waals surface area (Å²) in [5.74, 6) is -0.00774. The van der Waals surface area contributed by atoms with Crippen LogP contribution in [-0.4, -0.2) is 33.1 Å². The van der Waals surface area contributed by atoms with Crippen molar-refractivity contribution in [3.05, 3.63) is 58.6 Å². The minimum Gasteiger partial charge on any atom is -0.493 e. The molecule has 0 saturated heterocycles. The van der Waals surface area contributed by atoms with Crippen LogP contribution < -0.4 is 25.1 Å². The number of amides is 2. The highest BCUT2D eigenvalue weighted by Gasteiger charge is 2.17. The molecule has 27 heavy (non-hydrogen) atoms. The Morgan fingerprint density at radius 1 is 0.926 bits per heavy atom. The van der Waals surface area contributed by atoms with Crippen LogP contribution in [0.15, 0.2) is 42.5 Å². The average molecular weight is 391 g/mol. The zero-order valence-corrected chi connectivity index (χ0v) is 15.8. The van der Waals surface area contributed by atoms with Crippen molar-refractivity contribution in [2.45, 2.75) is 0 Å². The van der Waals surface area contributed by atoms with Gasteiger partial charge in [0.15, 0.2) is 11.5 Å².